The van der Waals surface area contributed by atoms with Crippen LogP contribution in [0.15, 0.2) is 77.7 Å². The smallest absolute Gasteiger partial charge is 0.264 e. The second-order valence-corrected chi connectivity index (χ2v) is 12.2. The molecule has 0 saturated carbocycles. The molecule has 2 unspecified atom stereocenters. The lowest BCUT2D eigenvalue weighted by molar-refractivity contribution is -0.139. The Morgan fingerprint density at radius 1 is 0.927 bits per heavy atom. The normalized spacial score (nSPS) is 12.7. The van der Waals surface area contributed by atoms with Gasteiger partial charge in [-0.15, -0.1) is 0 Å². The summed E-state index contributed by atoms with van der Waals surface area (Å²) in [7, 11) is -4.16. The average Bonchev–Trinajstić information content (AvgIpc) is 2.96. The van der Waals surface area contributed by atoms with Crippen molar-refractivity contribution in [3.05, 3.63) is 88.9 Å². The van der Waals surface area contributed by atoms with Gasteiger partial charge in [-0.3, -0.25) is 13.9 Å². The molecule has 2 atom stereocenters. The molecule has 0 aromatic heterocycles. The summed E-state index contributed by atoms with van der Waals surface area (Å²) < 4.78 is 34.4. The first-order valence-corrected chi connectivity index (χ1v) is 15.4. The van der Waals surface area contributed by atoms with E-state index in [1.807, 2.05) is 27.7 Å². The Morgan fingerprint density at radius 2 is 1.54 bits per heavy atom. The Labute approximate surface area is 248 Å². The zero-order chi connectivity index (χ0) is 30.2. The molecular formula is C31H38ClN3O5S. The molecule has 0 saturated heterocycles. The summed E-state index contributed by atoms with van der Waals surface area (Å²) in [5.41, 5.74) is 2.03. The molecule has 0 aliphatic rings. The minimum absolute atomic E-state index is 0.0149. The summed E-state index contributed by atoms with van der Waals surface area (Å²) in [6.07, 6.45) is 0.727. The SMILES string of the molecule is CCOc1ccc(S(=O)(=O)N(CC(=O)N(Cc2ccc(Cl)cc2)C(C)C(=O)NC(C)CC)c2ccc(C)cc2)cc1. The van der Waals surface area contributed by atoms with Gasteiger partial charge in [0, 0.05) is 17.6 Å². The molecule has 8 nitrogen and oxygen atoms in total. The van der Waals surface area contributed by atoms with Gasteiger partial charge in [0.05, 0.1) is 17.2 Å². The predicted octanol–water partition coefficient (Wildman–Crippen LogP) is 5.57. The maximum absolute atomic E-state index is 14.0. The highest BCUT2D eigenvalue weighted by atomic mass is 35.5. The number of hydrogen-bond acceptors (Lipinski definition) is 5. The summed E-state index contributed by atoms with van der Waals surface area (Å²) in [4.78, 5) is 28.5. The van der Waals surface area contributed by atoms with Gasteiger partial charge >= 0.3 is 0 Å². The van der Waals surface area contributed by atoms with Crippen molar-refractivity contribution in [1.82, 2.24) is 10.2 Å². The molecule has 41 heavy (non-hydrogen) atoms. The molecule has 0 spiro atoms. The number of ether oxygens (including phenoxy) is 1. The van der Waals surface area contributed by atoms with Crippen LogP contribution in [-0.2, 0) is 26.2 Å². The molecule has 1 N–H and O–H groups in total. The summed E-state index contributed by atoms with van der Waals surface area (Å²) in [5, 5.41) is 3.47. The van der Waals surface area contributed by atoms with Crippen LogP contribution >= 0.6 is 11.6 Å². The van der Waals surface area contributed by atoms with Gasteiger partial charge in [-0.25, -0.2) is 8.42 Å². The van der Waals surface area contributed by atoms with Crippen LogP contribution in [0.25, 0.3) is 0 Å². The van der Waals surface area contributed by atoms with Gasteiger partial charge in [0.2, 0.25) is 11.8 Å². The second-order valence-electron chi connectivity index (χ2n) is 9.89. The molecule has 220 valence electrons. The molecule has 0 bridgehead atoms. The van der Waals surface area contributed by atoms with Gasteiger partial charge < -0.3 is 15.0 Å². The van der Waals surface area contributed by atoms with E-state index >= 15 is 0 Å². The van der Waals surface area contributed by atoms with Crippen LogP contribution < -0.4 is 14.4 Å². The van der Waals surface area contributed by atoms with Gasteiger partial charge in [0.1, 0.15) is 18.3 Å². The first-order chi connectivity index (χ1) is 19.5. The molecule has 3 aromatic carbocycles. The largest absolute Gasteiger partial charge is 0.494 e. The molecule has 10 heteroatoms. The number of carbonyl (C=O) groups is 2. The van der Waals surface area contributed by atoms with E-state index in [0.717, 1.165) is 21.9 Å². The zero-order valence-corrected chi connectivity index (χ0v) is 25.7. The fourth-order valence-electron chi connectivity index (χ4n) is 4.08. The van der Waals surface area contributed by atoms with Crippen molar-refractivity contribution in [2.24, 2.45) is 0 Å². The first kappa shape index (κ1) is 32.0. The van der Waals surface area contributed by atoms with Crippen LogP contribution in [-0.4, -0.2) is 50.4 Å². The predicted molar refractivity (Wildman–Crippen MR) is 163 cm³/mol. The highest BCUT2D eigenvalue weighted by Gasteiger charge is 2.32. The third-order valence-corrected chi connectivity index (χ3v) is 8.80. The van der Waals surface area contributed by atoms with Gasteiger partial charge in [-0.2, -0.15) is 0 Å². The number of hydrogen-bond donors (Lipinski definition) is 1. The number of carbonyl (C=O) groups excluding carboxylic acids is 2. The molecule has 0 heterocycles. The molecule has 0 radical (unpaired) electrons. The highest BCUT2D eigenvalue weighted by molar-refractivity contribution is 7.92. The third kappa shape index (κ3) is 8.47. The number of amides is 2. The number of anilines is 1. The lowest BCUT2D eigenvalue weighted by Gasteiger charge is -2.32. The maximum atomic E-state index is 14.0. The summed E-state index contributed by atoms with van der Waals surface area (Å²) in [5.74, 6) is -0.306. The summed E-state index contributed by atoms with van der Waals surface area (Å²) in [6, 6.07) is 19.0. The van der Waals surface area contributed by atoms with Crippen LogP contribution in [0.4, 0.5) is 5.69 Å². The van der Waals surface area contributed by atoms with E-state index in [2.05, 4.69) is 5.32 Å². The summed E-state index contributed by atoms with van der Waals surface area (Å²) >= 11 is 6.05. The fourth-order valence-corrected chi connectivity index (χ4v) is 5.62. The van der Waals surface area contributed by atoms with Crippen LogP contribution in [0.1, 0.15) is 45.2 Å². The molecule has 0 aliphatic carbocycles. The number of rotatable bonds is 13. The summed E-state index contributed by atoms with van der Waals surface area (Å²) in [6.45, 7) is 9.26. The van der Waals surface area contributed by atoms with Crippen molar-refractivity contribution in [2.45, 2.75) is 64.6 Å². The Morgan fingerprint density at radius 3 is 2.10 bits per heavy atom. The van der Waals surface area contributed by atoms with E-state index in [4.69, 9.17) is 16.3 Å². The van der Waals surface area contributed by atoms with Crippen LogP contribution in [0, 0.1) is 6.92 Å². The molecule has 0 fully saturated rings. The Hall–Kier alpha value is -3.56. The second kappa shape index (κ2) is 14.4. The standard InChI is InChI=1S/C31H38ClN3O5S/c1-6-23(4)33-31(37)24(5)34(20-25-10-12-26(32)13-11-25)30(36)21-35(27-14-8-22(3)9-15-27)41(38,39)29-18-16-28(17-19-29)40-7-2/h8-19,23-24H,6-7,20-21H2,1-5H3,(H,33,37). The van der Waals surface area contributed by atoms with Crippen molar-refractivity contribution >= 4 is 39.1 Å². The third-order valence-electron chi connectivity index (χ3n) is 6.76. The van der Waals surface area contributed by atoms with E-state index < -0.39 is 28.5 Å². The Kier molecular flexibility index (Phi) is 11.2. The number of nitrogens with zero attached hydrogens (tertiary/aromatic N) is 2. The van der Waals surface area contributed by atoms with Crippen LogP contribution in [0.5, 0.6) is 5.75 Å². The minimum atomic E-state index is -4.16. The molecule has 0 aliphatic heterocycles. The lowest BCUT2D eigenvalue weighted by Crippen LogP contribution is -2.52. The van der Waals surface area contributed by atoms with E-state index in [0.29, 0.717) is 23.1 Å². The van der Waals surface area contributed by atoms with Crippen molar-refractivity contribution in [3.8, 4) is 5.75 Å². The van der Waals surface area contributed by atoms with E-state index in [1.165, 1.54) is 17.0 Å². The number of sulfonamides is 1. The molecule has 3 rings (SSSR count). The van der Waals surface area contributed by atoms with Crippen LogP contribution in [0.2, 0.25) is 5.02 Å². The quantitative estimate of drug-likeness (QED) is 0.277. The topological polar surface area (TPSA) is 96.0 Å². The first-order valence-electron chi connectivity index (χ1n) is 13.6. The highest BCUT2D eigenvalue weighted by Crippen LogP contribution is 2.26. The lowest BCUT2D eigenvalue weighted by atomic mass is 10.1. The average molecular weight is 600 g/mol. The van der Waals surface area contributed by atoms with Crippen molar-refractivity contribution in [1.29, 1.82) is 0 Å². The van der Waals surface area contributed by atoms with Crippen molar-refractivity contribution < 1.29 is 22.7 Å². The number of aryl methyl sites for hydroxylation is 1. The number of halogens is 1. The maximum Gasteiger partial charge on any atom is 0.264 e. The minimum Gasteiger partial charge on any atom is -0.494 e. The molecule has 2 amide bonds. The fraction of sp³-hybridized carbons (Fsp3) is 0.355. The van der Waals surface area contributed by atoms with E-state index in [-0.39, 0.29) is 23.4 Å². The Balaban J connectivity index is 2.01. The van der Waals surface area contributed by atoms with Gasteiger partial charge in [-0.1, -0.05) is 48.4 Å². The zero-order valence-electron chi connectivity index (χ0n) is 24.1. The Bertz CT molecular complexity index is 1410. The van der Waals surface area contributed by atoms with Crippen LogP contribution in [0.3, 0.4) is 0 Å². The van der Waals surface area contributed by atoms with E-state index in [9.17, 15) is 18.0 Å². The van der Waals surface area contributed by atoms with Crippen molar-refractivity contribution in [3.63, 3.8) is 0 Å². The van der Waals surface area contributed by atoms with Crippen molar-refractivity contribution in [2.75, 3.05) is 17.5 Å². The van der Waals surface area contributed by atoms with Gasteiger partial charge in [0.15, 0.2) is 0 Å². The molecule has 3 aromatic rings. The van der Waals surface area contributed by atoms with Gasteiger partial charge in [-0.05, 0) is 88.2 Å². The van der Waals surface area contributed by atoms with E-state index in [1.54, 1.807) is 67.6 Å². The monoisotopic (exact) mass is 599 g/mol. The number of benzene rings is 3. The molecular weight excluding hydrogens is 562 g/mol. The number of nitrogens with one attached hydrogen (secondary N) is 1. The van der Waals surface area contributed by atoms with Gasteiger partial charge in [0.25, 0.3) is 10.0 Å².